The average Bonchev–Trinajstić information content (AvgIpc) is 2.45. The van der Waals surface area contributed by atoms with Crippen LogP contribution < -0.4 is 11.1 Å². The summed E-state index contributed by atoms with van der Waals surface area (Å²) in [5.74, 6) is -1.33. The zero-order valence-electron chi connectivity index (χ0n) is 10.9. The van der Waals surface area contributed by atoms with Crippen molar-refractivity contribution in [2.75, 3.05) is 5.32 Å². The van der Waals surface area contributed by atoms with E-state index in [1.54, 1.807) is 0 Å². The third-order valence-electron chi connectivity index (χ3n) is 3.06. The van der Waals surface area contributed by atoms with Gasteiger partial charge in [0.05, 0.1) is 0 Å². The highest BCUT2D eigenvalue weighted by Gasteiger charge is 2.13. The first-order valence-corrected chi connectivity index (χ1v) is 6.34. The smallest absolute Gasteiger partial charge is 0.320 e. The second kappa shape index (κ2) is 6.16. The highest BCUT2D eigenvalue weighted by molar-refractivity contribution is 6.02. The van der Waals surface area contributed by atoms with Gasteiger partial charge in [-0.1, -0.05) is 36.4 Å². The van der Waals surface area contributed by atoms with E-state index in [1.807, 2.05) is 42.5 Å². The van der Waals surface area contributed by atoms with Crippen LogP contribution in [-0.4, -0.2) is 23.0 Å². The Morgan fingerprint density at radius 1 is 1.15 bits per heavy atom. The molecule has 1 amide bonds. The van der Waals surface area contributed by atoms with Crippen molar-refractivity contribution in [1.29, 1.82) is 0 Å². The largest absolute Gasteiger partial charge is 0.480 e. The van der Waals surface area contributed by atoms with E-state index in [-0.39, 0.29) is 18.7 Å². The maximum atomic E-state index is 11.8. The number of carboxylic acid groups (broad SMARTS) is 1. The summed E-state index contributed by atoms with van der Waals surface area (Å²) in [7, 11) is 0. The molecule has 2 aromatic carbocycles. The molecule has 0 aromatic heterocycles. The second-order valence-corrected chi connectivity index (χ2v) is 4.56. The third kappa shape index (κ3) is 3.33. The standard InChI is InChI=1S/C15H16N2O3/c16-12(15(19)20)8-9-14(18)17-13-7-3-5-10-4-1-2-6-11(10)13/h1-7,12H,8-9,16H2,(H,17,18)(H,19,20). The van der Waals surface area contributed by atoms with Crippen molar-refractivity contribution < 1.29 is 14.7 Å². The molecule has 0 radical (unpaired) electrons. The van der Waals surface area contributed by atoms with Crippen molar-refractivity contribution in [2.45, 2.75) is 18.9 Å². The lowest BCUT2D eigenvalue weighted by molar-refractivity contribution is -0.138. The molecule has 1 atom stereocenters. The monoisotopic (exact) mass is 272 g/mol. The number of rotatable bonds is 5. The number of benzene rings is 2. The number of carbonyl (C=O) groups excluding carboxylic acids is 1. The zero-order valence-corrected chi connectivity index (χ0v) is 10.9. The maximum absolute atomic E-state index is 11.8. The van der Waals surface area contributed by atoms with E-state index in [9.17, 15) is 9.59 Å². The van der Waals surface area contributed by atoms with E-state index in [0.29, 0.717) is 0 Å². The lowest BCUT2D eigenvalue weighted by Crippen LogP contribution is -2.31. The van der Waals surface area contributed by atoms with Crippen LogP contribution in [0.5, 0.6) is 0 Å². The molecule has 0 aliphatic carbocycles. The molecule has 104 valence electrons. The van der Waals surface area contributed by atoms with Crippen molar-refractivity contribution >= 4 is 28.3 Å². The van der Waals surface area contributed by atoms with Crippen LogP contribution in [0.3, 0.4) is 0 Å². The number of amides is 1. The van der Waals surface area contributed by atoms with Crippen LogP contribution in [-0.2, 0) is 9.59 Å². The van der Waals surface area contributed by atoms with Gasteiger partial charge in [0.2, 0.25) is 5.91 Å². The molecule has 0 aliphatic heterocycles. The first kappa shape index (κ1) is 14.0. The molecule has 0 fully saturated rings. The van der Waals surface area contributed by atoms with Gasteiger partial charge in [-0.2, -0.15) is 0 Å². The molecule has 1 unspecified atom stereocenters. The van der Waals surface area contributed by atoms with Gasteiger partial charge in [0.15, 0.2) is 0 Å². The number of nitrogens with two attached hydrogens (primary N) is 1. The molecule has 0 saturated carbocycles. The Balaban J connectivity index is 2.05. The van der Waals surface area contributed by atoms with Crippen molar-refractivity contribution in [3.8, 4) is 0 Å². The Bertz CT molecular complexity index is 635. The first-order chi connectivity index (χ1) is 9.58. The van der Waals surface area contributed by atoms with Crippen LogP contribution >= 0.6 is 0 Å². The molecule has 4 N–H and O–H groups in total. The summed E-state index contributed by atoms with van der Waals surface area (Å²) in [6, 6.07) is 12.4. The molecule has 2 aromatic rings. The summed E-state index contributed by atoms with van der Waals surface area (Å²) < 4.78 is 0. The first-order valence-electron chi connectivity index (χ1n) is 6.34. The Hall–Kier alpha value is -2.40. The topological polar surface area (TPSA) is 92.4 Å². The van der Waals surface area contributed by atoms with E-state index in [1.165, 1.54) is 0 Å². The maximum Gasteiger partial charge on any atom is 0.320 e. The van der Waals surface area contributed by atoms with Gasteiger partial charge in [0.25, 0.3) is 0 Å². The van der Waals surface area contributed by atoms with Crippen LogP contribution in [0, 0.1) is 0 Å². The number of anilines is 1. The molecule has 20 heavy (non-hydrogen) atoms. The lowest BCUT2D eigenvalue weighted by Gasteiger charge is -2.09. The Morgan fingerprint density at radius 3 is 2.60 bits per heavy atom. The summed E-state index contributed by atoms with van der Waals surface area (Å²) in [6.45, 7) is 0. The van der Waals surface area contributed by atoms with Crippen molar-refractivity contribution in [1.82, 2.24) is 0 Å². The van der Waals surface area contributed by atoms with Crippen LogP contribution in [0.15, 0.2) is 42.5 Å². The Labute approximate surface area is 116 Å². The average molecular weight is 272 g/mol. The van der Waals surface area contributed by atoms with Gasteiger partial charge in [-0.15, -0.1) is 0 Å². The lowest BCUT2D eigenvalue weighted by atomic mass is 10.1. The number of nitrogens with one attached hydrogen (secondary N) is 1. The van der Waals surface area contributed by atoms with Crippen LogP contribution in [0.4, 0.5) is 5.69 Å². The van der Waals surface area contributed by atoms with Gasteiger partial charge < -0.3 is 16.2 Å². The fourth-order valence-electron chi connectivity index (χ4n) is 1.96. The van der Waals surface area contributed by atoms with E-state index in [4.69, 9.17) is 10.8 Å². The summed E-state index contributed by atoms with van der Waals surface area (Å²) in [5.41, 5.74) is 6.09. The molecular weight excluding hydrogens is 256 g/mol. The fraction of sp³-hybridized carbons (Fsp3) is 0.200. The van der Waals surface area contributed by atoms with Gasteiger partial charge in [-0.25, -0.2) is 0 Å². The number of carbonyl (C=O) groups is 2. The van der Waals surface area contributed by atoms with Crippen molar-refractivity contribution in [3.05, 3.63) is 42.5 Å². The molecule has 2 rings (SSSR count). The minimum Gasteiger partial charge on any atom is -0.480 e. The predicted molar refractivity (Wildman–Crippen MR) is 77.4 cm³/mol. The predicted octanol–water partition coefficient (Wildman–Crippen LogP) is 1.97. The van der Waals surface area contributed by atoms with Gasteiger partial charge in [0.1, 0.15) is 6.04 Å². The number of fused-ring (bicyclic) bond motifs is 1. The summed E-state index contributed by atoms with van der Waals surface area (Å²) in [4.78, 5) is 22.4. The van der Waals surface area contributed by atoms with Crippen LogP contribution in [0.25, 0.3) is 10.8 Å². The molecule has 5 heteroatoms. The Kier molecular flexibility index (Phi) is 4.32. The van der Waals surface area contributed by atoms with E-state index >= 15 is 0 Å². The highest BCUT2D eigenvalue weighted by Crippen LogP contribution is 2.23. The number of carboxylic acids is 1. The van der Waals surface area contributed by atoms with Gasteiger partial charge >= 0.3 is 5.97 Å². The Morgan fingerprint density at radius 2 is 1.85 bits per heavy atom. The van der Waals surface area contributed by atoms with E-state index < -0.39 is 12.0 Å². The fourth-order valence-corrected chi connectivity index (χ4v) is 1.96. The molecule has 0 bridgehead atoms. The quantitative estimate of drug-likeness (QED) is 0.775. The minimum atomic E-state index is -1.09. The van der Waals surface area contributed by atoms with Gasteiger partial charge in [-0.3, -0.25) is 9.59 Å². The van der Waals surface area contributed by atoms with Gasteiger partial charge in [-0.05, 0) is 17.9 Å². The van der Waals surface area contributed by atoms with E-state index in [0.717, 1.165) is 16.5 Å². The van der Waals surface area contributed by atoms with Gasteiger partial charge in [0, 0.05) is 17.5 Å². The van der Waals surface area contributed by atoms with Crippen molar-refractivity contribution in [3.63, 3.8) is 0 Å². The molecule has 5 nitrogen and oxygen atoms in total. The number of aliphatic carboxylic acids is 1. The summed E-state index contributed by atoms with van der Waals surface area (Å²) >= 11 is 0. The molecule has 0 saturated heterocycles. The SMILES string of the molecule is NC(CCC(=O)Nc1cccc2ccccc12)C(=O)O. The minimum absolute atomic E-state index is 0.0800. The summed E-state index contributed by atoms with van der Waals surface area (Å²) in [5, 5.41) is 13.4. The van der Waals surface area contributed by atoms with Crippen LogP contribution in [0.2, 0.25) is 0 Å². The second-order valence-electron chi connectivity index (χ2n) is 4.56. The third-order valence-corrected chi connectivity index (χ3v) is 3.06. The zero-order chi connectivity index (χ0) is 14.5. The number of hydrogen-bond donors (Lipinski definition) is 3. The molecular formula is C15H16N2O3. The van der Waals surface area contributed by atoms with E-state index in [2.05, 4.69) is 5.32 Å². The summed E-state index contributed by atoms with van der Waals surface area (Å²) in [6.07, 6.45) is 0.197. The number of hydrogen-bond acceptors (Lipinski definition) is 3. The molecule has 0 heterocycles. The van der Waals surface area contributed by atoms with Crippen LogP contribution in [0.1, 0.15) is 12.8 Å². The molecule has 0 aliphatic rings. The normalized spacial score (nSPS) is 12.1. The molecule has 0 spiro atoms. The van der Waals surface area contributed by atoms with Crippen molar-refractivity contribution in [2.24, 2.45) is 5.73 Å². The highest BCUT2D eigenvalue weighted by atomic mass is 16.4.